The van der Waals surface area contributed by atoms with Crippen molar-refractivity contribution in [1.82, 2.24) is 20.3 Å². The Kier molecular flexibility index (Phi) is 4.29. The highest BCUT2D eigenvalue weighted by atomic mass is 16.5. The predicted octanol–water partition coefficient (Wildman–Crippen LogP) is 3.22. The number of rotatable bonds is 3. The molecular formula is C22H22N6O. The van der Waals surface area contributed by atoms with E-state index in [1.54, 1.807) is 12.3 Å². The monoisotopic (exact) mass is 386 g/mol. The van der Waals surface area contributed by atoms with Gasteiger partial charge in [-0.2, -0.15) is 5.26 Å². The van der Waals surface area contributed by atoms with E-state index in [9.17, 15) is 5.26 Å². The average Bonchev–Trinajstić information content (AvgIpc) is 3.17. The molecular weight excluding hydrogens is 364 g/mol. The minimum absolute atomic E-state index is 0.236. The number of nitrogens with one attached hydrogen (secondary N) is 2. The van der Waals surface area contributed by atoms with Gasteiger partial charge in [-0.3, -0.25) is 9.98 Å². The Hall–Kier alpha value is -3.24. The maximum absolute atomic E-state index is 9.25. The number of fused-ring (bicyclic) bond motifs is 3. The number of ether oxygens (including phenoxy) is 1. The highest BCUT2D eigenvalue weighted by Gasteiger charge is 2.40. The van der Waals surface area contributed by atoms with E-state index < -0.39 is 0 Å². The van der Waals surface area contributed by atoms with Crippen LogP contribution in [0.5, 0.6) is 0 Å². The number of nitriles is 1. The van der Waals surface area contributed by atoms with E-state index >= 15 is 0 Å². The van der Waals surface area contributed by atoms with Crippen LogP contribution in [0.2, 0.25) is 0 Å². The van der Waals surface area contributed by atoms with Gasteiger partial charge in [0.25, 0.3) is 0 Å². The van der Waals surface area contributed by atoms with Gasteiger partial charge in [-0.15, -0.1) is 0 Å². The summed E-state index contributed by atoms with van der Waals surface area (Å²) in [5.74, 6) is 1.28. The lowest BCUT2D eigenvalue weighted by Crippen LogP contribution is -2.55. The number of pyridine rings is 1. The van der Waals surface area contributed by atoms with Crippen LogP contribution in [-0.2, 0) is 11.2 Å². The largest absolute Gasteiger partial charge is 0.379 e. The van der Waals surface area contributed by atoms with E-state index in [1.807, 2.05) is 30.7 Å². The molecule has 0 bridgehead atoms. The lowest BCUT2D eigenvalue weighted by atomic mass is 9.75. The molecule has 0 aliphatic carbocycles. The first kappa shape index (κ1) is 17.8. The maximum Gasteiger partial charge on any atom is 0.110 e. The van der Waals surface area contributed by atoms with Crippen molar-refractivity contribution in [3.63, 3.8) is 0 Å². The number of benzene rings is 1. The third-order valence-electron chi connectivity index (χ3n) is 5.99. The highest BCUT2D eigenvalue weighted by Crippen LogP contribution is 2.33. The Labute approximate surface area is 168 Å². The van der Waals surface area contributed by atoms with E-state index in [1.165, 1.54) is 0 Å². The second-order valence-electron chi connectivity index (χ2n) is 7.91. The first-order valence-corrected chi connectivity index (χ1v) is 9.93. The molecule has 2 N–H and O–H groups in total. The Morgan fingerprint density at radius 3 is 3.10 bits per heavy atom. The Balaban J connectivity index is 1.55. The number of aromatic nitrogens is 3. The van der Waals surface area contributed by atoms with Crippen molar-refractivity contribution < 1.29 is 4.74 Å². The van der Waals surface area contributed by atoms with Crippen LogP contribution >= 0.6 is 0 Å². The number of hydrogen-bond acceptors (Lipinski definition) is 6. The van der Waals surface area contributed by atoms with E-state index in [0.717, 1.165) is 47.2 Å². The van der Waals surface area contributed by atoms with Crippen molar-refractivity contribution in [1.29, 1.82) is 5.26 Å². The molecule has 7 heteroatoms. The van der Waals surface area contributed by atoms with E-state index in [2.05, 4.69) is 33.3 Å². The summed E-state index contributed by atoms with van der Waals surface area (Å²) < 4.78 is 5.76. The van der Waals surface area contributed by atoms with Crippen LogP contribution in [0.15, 0.2) is 41.8 Å². The molecule has 0 saturated carbocycles. The third kappa shape index (κ3) is 3.15. The zero-order valence-corrected chi connectivity index (χ0v) is 16.2. The zero-order chi connectivity index (χ0) is 19.8. The van der Waals surface area contributed by atoms with Crippen LogP contribution in [0.4, 0.5) is 0 Å². The fraction of sp³-hybridized carbons (Fsp3) is 0.364. The molecule has 0 radical (unpaired) electrons. The lowest BCUT2D eigenvalue weighted by molar-refractivity contribution is -0.0116. The second-order valence-corrected chi connectivity index (χ2v) is 7.91. The van der Waals surface area contributed by atoms with Crippen LogP contribution in [0, 0.1) is 17.2 Å². The van der Waals surface area contributed by atoms with Crippen LogP contribution in [0.3, 0.4) is 0 Å². The van der Waals surface area contributed by atoms with E-state index in [-0.39, 0.29) is 11.6 Å². The zero-order valence-electron chi connectivity index (χ0n) is 16.2. The molecule has 146 valence electrons. The Morgan fingerprint density at radius 2 is 2.31 bits per heavy atom. The first-order valence-electron chi connectivity index (χ1n) is 9.93. The molecule has 0 spiro atoms. The van der Waals surface area contributed by atoms with E-state index in [0.29, 0.717) is 17.9 Å². The maximum atomic E-state index is 9.25. The van der Waals surface area contributed by atoms with Gasteiger partial charge in [-0.25, -0.2) is 4.98 Å². The predicted molar refractivity (Wildman–Crippen MR) is 111 cm³/mol. The summed E-state index contributed by atoms with van der Waals surface area (Å²) in [7, 11) is 0. The molecule has 2 aromatic heterocycles. The molecule has 1 unspecified atom stereocenters. The number of H-pyrrole nitrogens is 1. The molecule has 4 heterocycles. The van der Waals surface area contributed by atoms with Crippen LogP contribution < -0.4 is 5.32 Å². The summed E-state index contributed by atoms with van der Waals surface area (Å²) in [6, 6.07) is 7.70. The van der Waals surface area contributed by atoms with Crippen molar-refractivity contribution in [2.45, 2.75) is 37.8 Å². The summed E-state index contributed by atoms with van der Waals surface area (Å²) in [4.78, 5) is 17.3. The fourth-order valence-electron chi connectivity index (χ4n) is 4.52. The number of imidazole rings is 1. The van der Waals surface area contributed by atoms with Gasteiger partial charge in [-0.05, 0) is 43.9 Å². The molecule has 3 aromatic rings. The van der Waals surface area contributed by atoms with Crippen LogP contribution in [0.25, 0.3) is 21.9 Å². The molecule has 2 aliphatic rings. The van der Waals surface area contributed by atoms with Crippen LogP contribution in [0.1, 0.15) is 31.2 Å². The Bertz CT molecular complexity index is 1170. The molecule has 5 rings (SSSR count). The molecule has 1 saturated heterocycles. The average molecular weight is 386 g/mol. The standard InChI is InChI=1S/C22H22N6O/c1-14-8-16(4-7-29-14)22(13-24-5-6-26-22)10-20-27-19-12-25-18-3-2-15(11-23)9-17(18)21(19)28-20/h2-3,5-6,9,12-14,16,26H,4,7-8,10H2,1H3,(H,27,28)/t14-,16-,22?/m1/s1. The number of aliphatic imine (C=N–C) groups is 1. The number of hydrogen-bond donors (Lipinski definition) is 2. The molecule has 3 atom stereocenters. The van der Waals surface area contributed by atoms with Gasteiger partial charge in [-0.1, -0.05) is 0 Å². The molecule has 0 amide bonds. The lowest BCUT2D eigenvalue weighted by Gasteiger charge is -2.42. The van der Waals surface area contributed by atoms with Crippen molar-refractivity contribution in [3.8, 4) is 6.07 Å². The second kappa shape index (κ2) is 6.98. The minimum atomic E-state index is -0.304. The van der Waals surface area contributed by atoms with Crippen molar-refractivity contribution >= 4 is 28.2 Å². The van der Waals surface area contributed by atoms with Gasteiger partial charge < -0.3 is 15.0 Å². The van der Waals surface area contributed by atoms with Crippen molar-refractivity contribution in [2.24, 2.45) is 10.9 Å². The third-order valence-corrected chi connectivity index (χ3v) is 5.99. The van der Waals surface area contributed by atoms with Gasteiger partial charge >= 0.3 is 0 Å². The van der Waals surface area contributed by atoms with Crippen molar-refractivity contribution in [3.05, 3.63) is 48.2 Å². The molecule has 1 aromatic carbocycles. The van der Waals surface area contributed by atoms with Gasteiger partial charge in [0.1, 0.15) is 5.82 Å². The minimum Gasteiger partial charge on any atom is -0.379 e. The number of nitrogens with zero attached hydrogens (tertiary/aromatic N) is 4. The summed E-state index contributed by atoms with van der Waals surface area (Å²) in [6.45, 7) is 2.89. The van der Waals surface area contributed by atoms with Crippen molar-refractivity contribution in [2.75, 3.05) is 6.61 Å². The summed E-state index contributed by atoms with van der Waals surface area (Å²) in [5.41, 5.74) is 2.86. The van der Waals surface area contributed by atoms with Gasteiger partial charge in [0, 0.05) is 37.0 Å². The molecule has 1 fully saturated rings. The molecule has 7 nitrogen and oxygen atoms in total. The summed E-state index contributed by atoms with van der Waals surface area (Å²) in [6.07, 6.45) is 10.4. The first-order chi connectivity index (χ1) is 14.2. The smallest absolute Gasteiger partial charge is 0.110 e. The fourth-order valence-corrected chi connectivity index (χ4v) is 4.52. The Morgan fingerprint density at radius 1 is 1.38 bits per heavy atom. The van der Waals surface area contributed by atoms with Crippen LogP contribution in [-0.4, -0.2) is 39.4 Å². The summed E-state index contributed by atoms with van der Waals surface area (Å²) >= 11 is 0. The number of aromatic amines is 1. The van der Waals surface area contributed by atoms with E-state index in [4.69, 9.17) is 9.72 Å². The molecule has 29 heavy (non-hydrogen) atoms. The van der Waals surface area contributed by atoms with Gasteiger partial charge in [0.2, 0.25) is 0 Å². The summed E-state index contributed by atoms with van der Waals surface area (Å²) in [5, 5.41) is 13.7. The molecule has 2 aliphatic heterocycles. The van der Waals surface area contributed by atoms with Gasteiger partial charge in [0.15, 0.2) is 0 Å². The normalized spacial score (nSPS) is 26.5. The quantitative estimate of drug-likeness (QED) is 0.720. The SMILES string of the molecule is C[C@@H]1C[C@H](C2(Cc3nc4c(cnc5ccc(C#N)cc54)[nH]3)C=NC=CN2)CCO1. The topological polar surface area (TPSA) is 99.0 Å². The van der Waals surface area contributed by atoms with Gasteiger partial charge in [0.05, 0.1) is 46.0 Å². The highest BCUT2D eigenvalue weighted by molar-refractivity contribution is 6.02.